The molecular formula is C14H13BrClNO3. The van der Waals surface area contributed by atoms with Gasteiger partial charge in [-0.3, -0.25) is 9.59 Å². The Morgan fingerprint density at radius 1 is 1.25 bits per heavy atom. The highest BCUT2D eigenvalue weighted by atomic mass is 79.9. The second kappa shape index (κ2) is 6.41. The minimum Gasteiger partial charge on any atom is -0.481 e. The summed E-state index contributed by atoms with van der Waals surface area (Å²) >= 11 is 9.31. The van der Waals surface area contributed by atoms with Gasteiger partial charge in [0.25, 0.3) is 0 Å². The number of benzene rings is 1. The first-order valence-corrected chi connectivity index (χ1v) is 7.30. The van der Waals surface area contributed by atoms with Crippen LogP contribution in [0.1, 0.15) is 12.8 Å². The molecule has 0 heterocycles. The van der Waals surface area contributed by atoms with Gasteiger partial charge in [-0.25, -0.2) is 0 Å². The molecule has 1 aliphatic rings. The third-order valence-corrected chi connectivity index (χ3v) is 4.10. The highest BCUT2D eigenvalue weighted by Crippen LogP contribution is 2.30. The summed E-state index contributed by atoms with van der Waals surface area (Å²) in [7, 11) is 0. The summed E-state index contributed by atoms with van der Waals surface area (Å²) in [5.41, 5.74) is 0.477. The normalized spacial score (nSPS) is 21.5. The topological polar surface area (TPSA) is 66.4 Å². The largest absolute Gasteiger partial charge is 0.481 e. The van der Waals surface area contributed by atoms with Crippen LogP contribution in [0.2, 0.25) is 5.02 Å². The molecule has 0 bridgehead atoms. The summed E-state index contributed by atoms with van der Waals surface area (Å²) in [5, 5.41) is 12.3. The number of nitrogens with one attached hydrogen (secondary N) is 1. The first-order chi connectivity index (χ1) is 9.49. The fraction of sp³-hybridized carbons (Fsp3) is 0.286. The van der Waals surface area contributed by atoms with Gasteiger partial charge in [0, 0.05) is 4.47 Å². The first-order valence-electron chi connectivity index (χ1n) is 6.12. The van der Waals surface area contributed by atoms with E-state index < -0.39 is 17.8 Å². The van der Waals surface area contributed by atoms with Crippen LogP contribution in [-0.4, -0.2) is 17.0 Å². The molecule has 0 spiro atoms. The van der Waals surface area contributed by atoms with Crippen LogP contribution in [0.25, 0.3) is 0 Å². The highest BCUT2D eigenvalue weighted by Gasteiger charge is 2.34. The number of amides is 1. The molecule has 1 aromatic rings. The zero-order valence-corrected chi connectivity index (χ0v) is 12.8. The lowest BCUT2D eigenvalue weighted by Crippen LogP contribution is -2.34. The van der Waals surface area contributed by atoms with Crippen molar-refractivity contribution in [2.45, 2.75) is 12.8 Å². The van der Waals surface area contributed by atoms with Crippen LogP contribution in [0, 0.1) is 11.8 Å². The maximum atomic E-state index is 12.3. The van der Waals surface area contributed by atoms with E-state index in [1.807, 2.05) is 6.08 Å². The number of aliphatic carboxylic acids is 1. The molecular weight excluding hydrogens is 346 g/mol. The average molecular weight is 359 g/mol. The Labute approximate surface area is 129 Å². The summed E-state index contributed by atoms with van der Waals surface area (Å²) in [6.45, 7) is 0. The number of hydrogen-bond acceptors (Lipinski definition) is 2. The van der Waals surface area contributed by atoms with Crippen molar-refractivity contribution in [2.24, 2.45) is 11.8 Å². The SMILES string of the molecule is O=C(O)C1CC=CCC1C(=O)Nc1cc(Br)ccc1Cl. The van der Waals surface area contributed by atoms with Crippen LogP contribution in [0.3, 0.4) is 0 Å². The lowest BCUT2D eigenvalue weighted by molar-refractivity contribution is -0.146. The lowest BCUT2D eigenvalue weighted by Gasteiger charge is -2.24. The van der Waals surface area contributed by atoms with Gasteiger partial charge < -0.3 is 10.4 Å². The molecule has 0 radical (unpaired) electrons. The van der Waals surface area contributed by atoms with Gasteiger partial charge in [-0.1, -0.05) is 39.7 Å². The van der Waals surface area contributed by atoms with Crippen molar-refractivity contribution in [2.75, 3.05) is 5.32 Å². The van der Waals surface area contributed by atoms with Gasteiger partial charge in [0.15, 0.2) is 0 Å². The zero-order valence-electron chi connectivity index (χ0n) is 10.5. The minimum absolute atomic E-state index is 0.318. The molecule has 2 N–H and O–H groups in total. The van der Waals surface area contributed by atoms with E-state index >= 15 is 0 Å². The summed E-state index contributed by atoms with van der Waals surface area (Å²) in [6, 6.07) is 5.12. The smallest absolute Gasteiger partial charge is 0.307 e. The Bertz CT molecular complexity index is 574. The van der Waals surface area contributed by atoms with Gasteiger partial charge in [0.05, 0.1) is 22.5 Å². The molecule has 6 heteroatoms. The van der Waals surface area contributed by atoms with Crippen molar-refractivity contribution >= 4 is 45.1 Å². The molecule has 4 nitrogen and oxygen atoms in total. The third-order valence-electron chi connectivity index (χ3n) is 3.27. The van der Waals surface area contributed by atoms with Crippen LogP contribution < -0.4 is 5.32 Å². The van der Waals surface area contributed by atoms with Crippen LogP contribution >= 0.6 is 27.5 Å². The van der Waals surface area contributed by atoms with Crippen molar-refractivity contribution in [3.05, 3.63) is 39.8 Å². The predicted octanol–water partition coefficient (Wildman–Crippen LogP) is 3.71. The van der Waals surface area contributed by atoms with Gasteiger partial charge in [0.1, 0.15) is 0 Å². The number of allylic oxidation sites excluding steroid dienone is 2. The van der Waals surface area contributed by atoms with Gasteiger partial charge in [-0.05, 0) is 31.0 Å². The summed E-state index contributed by atoms with van der Waals surface area (Å²) in [5.74, 6) is -2.53. The number of anilines is 1. The summed E-state index contributed by atoms with van der Waals surface area (Å²) in [6.07, 6.45) is 4.44. The number of carbonyl (C=O) groups excluding carboxylic acids is 1. The van der Waals surface area contributed by atoms with Crippen molar-refractivity contribution < 1.29 is 14.7 Å². The molecule has 0 fully saturated rings. The molecule has 1 aromatic carbocycles. The molecule has 2 unspecified atom stereocenters. The number of carboxylic acids is 1. The molecule has 0 aromatic heterocycles. The first kappa shape index (κ1) is 15.1. The van der Waals surface area contributed by atoms with Gasteiger partial charge in [-0.15, -0.1) is 0 Å². The van der Waals surface area contributed by atoms with Crippen molar-refractivity contribution in [1.29, 1.82) is 0 Å². The van der Waals surface area contributed by atoms with Gasteiger partial charge in [0.2, 0.25) is 5.91 Å². The van der Waals surface area contributed by atoms with Crippen LogP contribution in [0.15, 0.2) is 34.8 Å². The average Bonchev–Trinajstić information content (AvgIpc) is 2.42. The standard InChI is InChI=1S/C14H13BrClNO3/c15-8-5-6-11(16)12(7-8)17-13(18)9-3-1-2-4-10(9)14(19)20/h1-2,5-7,9-10H,3-4H2,(H,17,18)(H,19,20). The van der Waals surface area contributed by atoms with Crippen molar-refractivity contribution in [3.63, 3.8) is 0 Å². The second-order valence-electron chi connectivity index (χ2n) is 4.61. The Balaban J connectivity index is 2.16. The molecule has 2 atom stereocenters. The molecule has 1 amide bonds. The molecule has 0 saturated carbocycles. The minimum atomic E-state index is -0.949. The van der Waals surface area contributed by atoms with Gasteiger partial charge >= 0.3 is 5.97 Å². The Morgan fingerprint density at radius 2 is 1.90 bits per heavy atom. The van der Waals surface area contributed by atoms with E-state index in [4.69, 9.17) is 11.6 Å². The molecule has 0 aliphatic heterocycles. The second-order valence-corrected chi connectivity index (χ2v) is 5.93. The molecule has 1 aliphatic carbocycles. The highest BCUT2D eigenvalue weighted by molar-refractivity contribution is 9.10. The Morgan fingerprint density at radius 3 is 2.55 bits per heavy atom. The number of rotatable bonds is 3. The van der Waals surface area contributed by atoms with E-state index in [9.17, 15) is 14.7 Å². The lowest BCUT2D eigenvalue weighted by atomic mass is 9.82. The van der Waals surface area contributed by atoms with E-state index in [0.29, 0.717) is 23.6 Å². The maximum Gasteiger partial charge on any atom is 0.307 e. The number of hydrogen-bond donors (Lipinski definition) is 2. The molecule has 20 heavy (non-hydrogen) atoms. The van der Waals surface area contributed by atoms with Crippen LogP contribution in [0.4, 0.5) is 5.69 Å². The van der Waals surface area contributed by atoms with Crippen LogP contribution in [-0.2, 0) is 9.59 Å². The maximum absolute atomic E-state index is 12.3. The van der Waals surface area contributed by atoms with Gasteiger partial charge in [-0.2, -0.15) is 0 Å². The predicted molar refractivity (Wildman–Crippen MR) is 80.8 cm³/mol. The molecule has 106 valence electrons. The molecule has 0 saturated heterocycles. The van der Waals surface area contributed by atoms with E-state index in [-0.39, 0.29) is 5.91 Å². The summed E-state index contributed by atoms with van der Waals surface area (Å²) in [4.78, 5) is 23.5. The monoisotopic (exact) mass is 357 g/mol. The Hall–Kier alpha value is -1.33. The van der Waals surface area contributed by atoms with E-state index in [2.05, 4.69) is 21.2 Å². The number of carbonyl (C=O) groups is 2. The fourth-order valence-corrected chi connectivity index (χ4v) is 2.72. The van der Waals surface area contributed by atoms with Crippen LogP contribution in [0.5, 0.6) is 0 Å². The number of carboxylic acid groups (broad SMARTS) is 1. The van der Waals surface area contributed by atoms with Crippen molar-refractivity contribution in [3.8, 4) is 0 Å². The Kier molecular flexibility index (Phi) is 4.83. The van der Waals surface area contributed by atoms with E-state index in [1.165, 1.54) is 0 Å². The van der Waals surface area contributed by atoms with Crippen molar-refractivity contribution in [1.82, 2.24) is 0 Å². The van der Waals surface area contributed by atoms with E-state index in [1.54, 1.807) is 24.3 Å². The fourth-order valence-electron chi connectivity index (χ4n) is 2.20. The van der Waals surface area contributed by atoms with E-state index in [0.717, 1.165) is 4.47 Å². The zero-order chi connectivity index (χ0) is 14.7. The third kappa shape index (κ3) is 3.41. The quantitative estimate of drug-likeness (QED) is 0.810. The molecule has 2 rings (SSSR count). The number of halogens is 2. The summed E-state index contributed by atoms with van der Waals surface area (Å²) < 4.78 is 0.788.